The van der Waals surface area contributed by atoms with Gasteiger partial charge in [0.1, 0.15) is 17.5 Å². The number of hydrogen-bond donors (Lipinski definition) is 0. The van der Waals surface area contributed by atoms with Gasteiger partial charge >= 0.3 is 170 Å². The lowest BCUT2D eigenvalue weighted by Crippen LogP contribution is -3.65. The summed E-state index contributed by atoms with van der Waals surface area (Å²) in [4.78, 5) is 0. The average Bonchev–Trinajstić information content (AvgIpc) is 1.61. The van der Waals surface area contributed by atoms with Crippen LogP contribution in [0.4, 0.5) is 13.2 Å². The van der Waals surface area contributed by atoms with Gasteiger partial charge in [0.25, 0.3) is 0 Å². The molecule has 0 N–H and O–H groups in total. The molecule has 2 aliphatic carbocycles. The Morgan fingerprint density at radius 3 is 0.769 bits per heavy atom. The summed E-state index contributed by atoms with van der Waals surface area (Å²) in [6, 6.07) is 148. The van der Waals surface area contributed by atoms with E-state index in [1.165, 1.54) is 189 Å². The fourth-order valence-electron chi connectivity index (χ4n) is 15.9. The lowest BCUT2D eigenvalue weighted by Gasteiger charge is -2.20. The molecule has 0 nitrogen and oxygen atoms in total. The van der Waals surface area contributed by atoms with Crippen molar-refractivity contribution in [3.05, 3.63) is 520 Å². The van der Waals surface area contributed by atoms with Gasteiger partial charge in [-0.2, -0.15) is 0 Å². The number of fused-ring (bicyclic) bond motifs is 4. The normalized spacial score (nSPS) is 12.9. The van der Waals surface area contributed by atoms with Gasteiger partial charge in [-0.1, -0.05) is 311 Å². The predicted molar refractivity (Wildman–Crippen MR) is 566 cm³/mol. The van der Waals surface area contributed by atoms with Crippen molar-refractivity contribution in [1.82, 2.24) is 0 Å². The second-order valence-electron chi connectivity index (χ2n) is 40.8. The van der Waals surface area contributed by atoms with Gasteiger partial charge in [-0.15, -0.1) is 0 Å². The molecule has 0 amide bonds. The number of hydrogen-bond acceptors (Lipinski definition) is 0. The van der Waals surface area contributed by atoms with E-state index in [0.717, 1.165) is 15.0 Å². The van der Waals surface area contributed by atoms with E-state index >= 15 is 0 Å². The molecule has 734 valence electrons. The van der Waals surface area contributed by atoms with Crippen LogP contribution in [0.15, 0.2) is 425 Å². The van der Waals surface area contributed by atoms with Crippen molar-refractivity contribution in [2.24, 2.45) is 0 Å². The van der Waals surface area contributed by atoms with Crippen LogP contribution in [-0.4, -0.2) is 7.85 Å². The van der Waals surface area contributed by atoms with Crippen molar-refractivity contribution in [3.63, 3.8) is 0 Å². The molecule has 143 heavy (non-hydrogen) atoms. The van der Waals surface area contributed by atoms with Crippen LogP contribution in [0.3, 0.4) is 0 Å². The van der Waals surface area contributed by atoms with Gasteiger partial charge in [-0.05, 0) is 364 Å². The first-order valence-corrected chi connectivity index (χ1v) is 67.3. The molecule has 17 aromatic rings. The van der Waals surface area contributed by atoms with E-state index in [4.69, 9.17) is 0 Å². The molecule has 17 aromatic carbocycles. The second-order valence-corrected chi connectivity index (χ2v) is 66.0. The van der Waals surface area contributed by atoms with E-state index < -0.39 is 0 Å². The zero-order valence-electron chi connectivity index (χ0n) is 85.3. The fourth-order valence-corrected chi connectivity index (χ4v) is 36.6. The number of rotatable bonds is 16. The first kappa shape index (κ1) is 113. The summed E-state index contributed by atoms with van der Waals surface area (Å²) in [7, 11) is 0. The summed E-state index contributed by atoms with van der Waals surface area (Å²) < 4.78 is 60.5. The van der Waals surface area contributed by atoms with Gasteiger partial charge in [-0.25, -0.2) is 13.2 Å². The number of benzene rings is 17. The van der Waals surface area contributed by atoms with Crippen molar-refractivity contribution < 1.29 is 183 Å². The SMILES string of the molecule is CC(C)(C)c1ccc([I+]C2CCCCC2)cc1.CC(C)(C)c1ccc([I+]c2ccc(C(C)(C)C)cc2)cc1.CC(C)(C)c1ccc2c(c1)-c1cc(C(C)(C)C)ccc1[I+]2.Fc1ccc([I+]c2ccc(F)cc2)cc1.Fc1ccc([I+]c2cccc3ccccc23)cc1.c1ccc(-c2ccc([I+]c3ccc(-c4ccccc4)cc3)cc2)cc1.c1ccc([I+]C2CCCCC2)cc1.c1ccc([I+]c2ccccc2)cc1. The van der Waals surface area contributed by atoms with Gasteiger partial charge in [0.15, 0.2) is 47.1 Å². The first-order valence-electron chi connectivity index (χ1n) is 49.7. The molecule has 1 aliphatic heterocycles. The van der Waals surface area contributed by atoms with E-state index in [1.54, 1.807) is 50.7 Å². The highest BCUT2D eigenvalue weighted by Crippen LogP contribution is 2.34. The Bertz CT molecular complexity index is 6360. The summed E-state index contributed by atoms with van der Waals surface area (Å²) in [5, 5.41) is 2.59. The molecule has 0 radical (unpaired) electrons. The van der Waals surface area contributed by atoms with Crippen molar-refractivity contribution in [2.45, 2.75) is 203 Å². The Balaban J connectivity index is 0.000000138. The minimum absolute atomic E-state index is 0.00377. The maximum atomic E-state index is 12.9. The van der Waals surface area contributed by atoms with Crippen LogP contribution in [0, 0.1) is 67.4 Å². The number of halogens is 11. The second kappa shape index (κ2) is 56.3. The van der Waals surface area contributed by atoms with Crippen molar-refractivity contribution in [3.8, 4) is 33.4 Å². The molecule has 2 saturated carbocycles. The quantitative estimate of drug-likeness (QED) is 0.0668. The Kier molecular flexibility index (Phi) is 44.4. The zero-order valence-corrected chi connectivity index (χ0v) is 103. The Hall–Kier alpha value is -7.37. The minimum atomic E-state index is -0.330. The van der Waals surface area contributed by atoms with E-state index in [9.17, 15) is 13.2 Å². The van der Waals surface area contributed by atoms with Gasteiger partial charge in [0, 0.05) is 16.5 Å². The molecule has 0 saturated heterocycles. The standard InChI is InChI=1S/C24H18I.C20H24I.C20H26I.C16H11FI.C16H24I.C12H8F2I.C12H16I.C12H10I/c1-3-7-19(8-4-1)21-11-15-23(16-12-21)25-24-17-13-22(14-18-24)20-9-5-2-6-10-20;1-19(2,3)13-7-9-17-15(11-13)16-12-14(20(4,5)6)8-10-18(16)21-17;1-19(2,3)15-7-11-17(12-8-15)21-18-13-9-16(10-14-18)20(4,5)6;17-13-8-10-14(11-9-13)18-16-7-3-5-12-4-1-2-6-15(12)16;1-16(2,3)13-9-11-15(12-10-13)17-14-7-5-4-6-8-14;13-9-1-5-11(6-2-9)15-12-7-3-10(14)4-8-12;2*1-3-7-11(8-4-1)13-12-9-5-2-6-10-12/h1-18H;7-12H,1-6H3;7-14H,1-6H3;1-11H;9-12,14H,4-8H2,1-3H3;1-8H;1,3-4,7-8,12H,2,5-6,9-10H2;1-10H/q8*+1. The van der Waals surface area contributed by atoms with Crippen molar-refractivity contribution >= 4 is 10.8 Å². The van der Waals surface area contributed by atoms with Crippen LogP contribution >= 0.6 is 0 Å². The smallest absolute Gasteiger partial charge is 0.207 e. The van der Waals surface area contributed by atoms with Crippen molar-refractivity contribution in [2.75, 3.05) is 0 Å². The highest BCUT2D eigenvalue weighted by atomic mass is 127. The van der Waals surface area contributed by atoms with Crippen molar-refractivity contribution in [1.29, 1.82) is 0 Å². The van der Waals surface area contributed by atoms with Gasteiger partial charge in [0.05, 0.1) is 0 Å². The summed E-state index contributed by atoms with van der Waals surface area (Å²) in [6.45, 7) is 34.2. The minimum Gasteiger partial charge on any atom is -0.207 e. The van der Waals surface area contributed by atoms with Crippen LogP contribution in [-0.2, 0) is 27.1 Å². The Morgan fingerprint density at radius 2 is 0.448 bits per heavy atom. The van der Waals surface area contributed by atoms with E-state index in [-0.39, 0.29) is 188 Å². The molecule has 0 spiro atoms. The van der Waals surface area contributed by atoms with Crippen LogP contribution in [0.5, 0.6) is 0 Å². The molecular weight excluding hydrogens is 2660 g/mol. The molecule has 3 aliphatic rings. The molecule has 20 rings (SSSR count). The van der Waals surface area contributed by atoms with Crippen LogP contribution in [0.2, 0.25) is 0 Å². The number of alkyl halides is 2. The van der Waals surface area contributed by atoms with E-state index in [1.807, 2.05) is 12.1 Å². The van der Waals surface area contributed by atoms with Gasteiger partial charge in [0.2, 0.25) is 10.7 Å². The third-order valence-electron chi connectivity index (χ3n) is 24.3. The zero-order chi connectivity index (χ0) is 101. The summed E-state index contributed by atoms with van der Waals surface area (Å²) in [5.41, 5.74) is 16.5. The summed E-state index contributed by atoms with van der Waals surface area (Å²) in [6.07, 6.45) is 14.9. The van der Waals surface area contributed by atoms with Crippen LogP contribution in [0.1, 0.15) is 196 Å². The maximum Gasteiger partial charge on any atom is 0.359 e. The maximum absolute atomic E-state index is 12.9. The predicted octanol–water partition coefficient (Wildman–Crippen LogP) is 10.8. The van der Waals surface area contributed by atoms with E-state index in [2.05, 4.69) is 456 Å². The first-order chi connectivity index (χ1) is 68.7. The molecule has 2 fully saturated rings. The molecule has 0 unspecified atom stereocenters. The average molecular weight is 2800 g/mol. The monoisotopic (exact) mass is 2790 g/mol. The summed E-state index contributed by atoms with van der Waals surface area (Å²) >= 11 is -0.196. The van der Waals surface area contributed by atoms with E-state index in [0.29, 0.717) is 26.6 Å². The largest absolute Gasteiger partial charge is 0.359 e. The molecule has 1 heterocycles. The molecule has 11 heteroatoms. The molecule has 0 bridgehead atoms. The third-order valence-corrected chi connectivity index (χ3v) is 48.0. The fraction of sp³-hybridized carbons (Fsp3) is 0.242. The third kappa shape index (κ3) is 38.0. The van der Waals surface area contributed by atoms with Gasteiger partial charge in [-0.3, -0.25) is 0 Å². The Labute approximate surface area is 937 Å². The van der Waals surface area contributed by atoms with Crippen LogP contribution in [0.25, 0.3) is 44.2 Å². The highest BCUT2D eigenvalue weighted by Gasteiger charge is 2.37. The highest BCUT2D eigenvalue weighted by molar-refractivity contribution is 5.81. The van der Waals surface area contributed by atoms with Crippen LogP contribution < -0.4 is 170 Å². The van der Waals surface area contributed by atoms with Gasteiger partial charge < -0.3 is 0 Å². The molecular formula is C132H137F3I8+8. The topological polar surface area (TPSA) is 0 Å². The lowest BCUT2D eigenvalue weighted by molar-refractivity contribution is -0.666. The summed E-state index contributed by atoms with van der Waals surface area (Å²) in [5.74, 6) is -0.607. The molecule has 0 aromatic heterocycles. The Morgan fingerprint density at radius 1 is 0.210 bits per heavy atom. The lowest BCUT2D eigenvalue weighted by atomic mass is 9.83. The molecule has 0 atom stereocenters.